The third-order valence-electron chi connectivity index (χ3n) is 3.56. The lowest BCUT2D eigenvalue weighted by molar-refractivity contribution is 0.0696. The summed E-state index contributed by atoms with van der Waals surface area (Å²) >= 11 is -2.02. The van der Waals surface area contributed by atoms with Crippen LogP contribution in [0.2, 0.25) is 0 Å². The van der Waals surface area contributed by atoms with E-state index >= 15 is 0 Å². The van der Waals surface area contributed by atoms with Gasteiger partial charge in [-0.3, -0.25) is 0 Å². The molecule has 0 amide bonds. The van der Waals surface area contributed by atoms with Crippen LogP contribution in [0.4, 0.5) is 0 Å². The maximum atomic E-state index is 11.1. The van der Waals surface area contributed by atoms with E-state index in [0.717, 1.165) is 11.1 Å². The first-order chi connectivity index (χ1) is 12.0. The van der Waals surface area contributed by atoms with Gasteiger partial charge in [0.2, 0.25) is 0 Å². The quantitative estimate of drug-likeness (QED) is 0.663. The van der Waals surface area contributed by atoms with Gasteiger partial charge in [0, 0.05) is 5.56 Å². The zero-order valence-electron chi connectivity index (χ0n) is 13.0. The summed E-state index contributed by atoms with van der Waals surface area (Å²) in [6.07, 6.45) is 0. The summed E-state index contributed by atoms with van der Waals surface area (Å²) in [5.41, 5.74) is 1.75. The summed E-state index contributed by atoms with van der Waals surface area (Å²) < 4.78 is 26.0. The number of aromatic carboxylic acids is 1. The van der Waals surface area contributed by atoms with Crippen molar-refractivity contribution in [1.29, 1.82) is 0 Å². The molecule has 0 fully saturated rings. The molecule has 0 bridgehead atoms. The van der Waals surface area contributed by atoms with Gasteiger partial charge in [-0.15, -0.1) is 0 Å². The van der Waals surface area contributed by atoms with E-state index in [-0.39, 0.29) is 5.56 Å². The van der Waals surface area contributed by atoms with Crippen molar-refractivity contribution in [3.05, 3.63) is 78.4 Å². The van der Waals surface area contributed by atoms with Crippen LogP contribution < -0.4 is 4.74 Å². The number of carboxylic acid groups (broad SMARTS) is 1. The molecule has 0 heterocycles. The summed E-state index contributed by atoms with van der Waals surface area (Å²) in [6, 6.07) is 20.2. The van der Waals surface area contributed by atoms with Crippen molar-refractivity contribution in [2.45, 2.75) is 4.90 Å². The summed E-state index contributed by atoms with van der Waals surface area (Å²) in [7, 11) is 0. The van der Waals surface area contributed by atoms with Crippen molar-refractivity contribution in [3.63, 3.8) is 0 Å². The molecule has 25 heavy (non-hydrogen) atoms. The summed E-state index contributed by atoms with van der Waals surface area (Å²) in [4.78, 5) is 11.4. The lowest BCUT2D eigenvalue weighted by Crippen LogP contribution is -1.96. The Morgan fingerprint density at radius 3 is 2.32 bits per heavy atom. The first-order valence-electron chi connectivity index (χ1n) is 7.36. The van der Waals surface area contributed by atoms with Crippen LogP contribution in [-0.2, 0) is 11.1 Å². The zero-order chi connectivity index (χ0) is 17.8. The highest BCUT2D eigenvalue weighted by Crippen LogP contribution is 2.33. The molecule has 2 N–H and O–H groups in total. The summed E-state index contributed by atoms with van der Waals surface area (Å²) in [5, 5.41) is 9.08. The van der Waals surface area contributed by atoms with Gasteiger partial charge in [0.15, 0.2) is 11.1 Å². The lowest BCUT2D eigenvalue weighted by Gasteiger charge is -2.12. The first-order valence-corrected chi connectivity index (χ1v) is 8.47. The molecule has 0 aliphatic rings. The van der Waals surface area contributed by atoms with Crippen LogP contribution in [0.3, 0.4) is 0 Å². The van der Waals surface area contributed by atoms with Crippen LogP contribution in [0.5, 0.6) is 11.5 Å². The van der Waals surface area contributed by atoms with E-state index in [1.165, 1.54) is 12.1 Å². The van der Waals surface area contributed by atoms with Crippen molar-refractivity contribution < 1.29 is 23.4 Å². The smallest absolute Gasteiger partial charge is 0.335 e. The fourth-order valence-electron chi connectivity index (χ4n) is 2.36. The molecule has 1 atom stereocenters. The van der Waals surface area contributed by atoms with Gasteiger partial charge in [0.25, 0.3) is 0 Å². The standard InChI is InChI=1S/C19H14O5S/c20-19(21)14-4-3-5-15(12-14)24-18-7-2-1-6-17(18)13-8-10-16(11-9-13)25(22)23/h1-12H,(H,20,21)(H,22,23). The molecule has 3 rings (SSSR count). The molecule has 126 valence electrons. The Morgan fingerprint density at radius 2 is 1.64 bits per heavy atom. The number of hydrogen-bond acceptors (Lipinski definition) is 3. The fraction of sp³-hybridized carbons (Fsp3) is 0. The molecule has 0 saturated heterocycles. The van der Waals surface area contributed by atoms with E-state index < -0.39 is 17.0 Å². The molecule has 0 radical (unpaired) electrons. The number of hydrogen-bond donors (Lipinski definition) is 2. The van der Waals surface area contributed by atoms with Gasteiger partial charge in [-0.05, 0) is 42.0 Å². The van der Waals surface area contributed by atoms with Gasteiger partial charge >= 0.3 is 5.97 Å². The van der Waals surface area contributed by atoms with Crippen molar-refractivity contribution in [2.75, 3.05) is 0 Å². The van der Waals surface area contributed by atoms with Crippen molar-refractivity contribution >= 4 is 17.0 Å². The van der Waals surface area contributed by atoms with Crippen LogP contribution in [-0.4, -0.2) is 19.8 Å². The molecule has 0 aliphatic carbocycles. The van der Waals surface area contributed by atoms with Crippen LogP contribution >= 0.6 is 0 Å². The van der Waals surface area contributed by atoms with E-state index in [1.54, 1.807) is 42.5 Å². The van der Waals surface area contributed by atoms with Crippen LogP contribution in [0.15, 0.2) is 77.7 Å². The summed E-state index contributed by atoms with van der Waals surface area (Å²) in [5.74, 6) is -0.0466. The number of benzene rings is 3. The molecule has 1 unspecified atom stereocenters. The highest BCUT2D eigenvalue weighted by atomic mass is 32.2. The maximum Gasteiger partial charge on any atom is 0.335 e. The molecule has 6 heteroatoms. The molecule has 0 spiro atoms. The molecule has 3 aromatic rings. The van der Waals surface area contributed by atoms with E-state index in [0.29, 0.717) is 16.4 Å². The van der Waals surface area contributed by atoms with E-state index in [9.17, 15) is 9.00 Å². The molecule has 0 aliphatic heterocycles. The lowest BCUT2D eigenvalue weighted by atomic mass is 10.0. The number of ether oxygens (including phenoxy) is 1. The average molecular weight is 354 g/mol. The van der Waals surface area contributed by atoms with E-state index in [2.05, 4.69) is 0 Å². The zero-order valence-corrected chi connectivity index (χ0v) is 13.8. The van der Waals surface area contributed by atoms with Crippen LogP contribution in [0.1, 0.15) is 10.4 Å². The Kier molecular flexibility index (Phi) is 4.92. The molecule has 0 aromatic heterocycles. The Bertz CT molecular complexity index is 935. The third-order valence-corrected chi connectivity index (χ3v) is 4.24. The minimum atomic E-state index is -2.02. The second kappa shape index (κ2) is 7.29. The van der Waals surface area contributed by atoms with Crippen molar-refractivity contribution in [3.8, 4) is 22.6 Å². The maximum absolute atomic E-state index is 11.1. The van der Waals surface area contributed by atoms with Gasteiger partial charge in [-0.25, -0.2) is 9.00 Å². The SMILES string of the molecule is O=C(O)c1cccc(Oc2ccccc2-c2ccc(S(=O)O)cc2)c1. The predicted octanol–water partition coefficient (Wildman–Crippen LogP) is 4.42. The molecular formula is C19H14O5S. The number of carboxylic acids is 1. The van der Waals surface area contributed by atoms with E-state index in [4.69, 9.17) is 14.4 Å². The number of carbonyl (C=O) groups is 1. The Hall–Kier alpha value is -2.96. The second-order valence-corrected chi connectivity index (χ2v) is 6.17. The minimum absolute atomic E-state index is 0.143. The Labute approximate surface area is 146 Å². The van der Waals surface area contributed by atoms with Gasteiger partial charge < -0.3 is 14.4 Å². The molecule has 3 aromatic carbocycles. The Morgan fingerprint density at radius 1 is 0.920 bits per heavy atom. The fourth-order valence-corrected chi connectivity index (χ4v) is 2.73. The average Bonchev–Trinajstić information content (AvgIpc) is 2.62. The topological polar surface area (TPSA) is 83.8 Å². The van der Waals surface area contributed by atoms with Crippen LogP contribution in [0, 0.1) is 0 Å². The number of para-hydroxylation sites is 1. The molecule has 5 nitrogen and oxygen atoms in total. The summed E-state index contributed by atoms with van der Waals surface area (Å²) in [6.45, 7) is 0. The van der Waals surface area contributed by atoms with Crippen molar-refractivity contribution in [1.82, 2.24) is 0 Å². The number of rotatable bonds is 5. The van der Waals surface area contributed by atoms with Gasteiger partial charge in [0.05, 0.1) is 10.5 Å². The van der Waals surface area contributed by atoms with Gasteiger partial charge in [0.1, 0.15) is 11.5 Å². The minimum Gasteiger partial charge on any atom is -0.478 e. The van der Waals surface area contributed by atoms with Gasteiger partial charge in [-0.1, -0.05) is 36.4 Å². The van der Waals surface area contributed by atoms with E-state index in [1.807, 2.05) is 18.2 Å². The van der Waals surface area contributed by atoms with Crippen LogP contribution in [0.25, 0.3) is 11.1 Å². The predicted molar refractivity (Wildman–Crippen MR) is 94.4 cm³/mol. The highest BCUT2D eigenvalue weighted by Gasteiger charge is 2.10. The van der Waals surface area contributed by atoms with Gasteiger partial charge in [-0.2, -0.15) is 0 Å². The molecule has 0 saturated carbocycles. The first kappa shape index (κ1) is 16.9. The Balaban J connectivity index is 1.95. The highest BCUT2D eigenvalue weighted by molar-refractivity contribution is 7.79. The monoisotopic (exact) mass is 354 g/mol. The molecular weight excluding hydrogens is 340 g/mol. The normalized spacial score (nSPS) is 11.7. The second-order valence-electron chi connectivity index (χ2n) is 5.20. The largest absolute Gasteiger partial charge is 0.478 e. The third kappa shape index (κ3) is 3.93. The van der Waals surface area contributed by atoms with Crippen molar-refractivity contribution in [2.24, 2.45) is 0 Å².